The molecule has 2 N–H and O–H groups in total. The third-order valence-electron chi connectivity index (χ3n) is 3.58. The standard InChI is InChI=1S/C12H24N2O2S/c1-10-5-4-6-11(2)12(10)9-14-7-8-17(15,16)13-3/h5,11-14H,4,6-9H2,1-3H3/t11-,12+/m0/s1. The highest BCUT2D eigenvalue weighted by Gasteiger charge is 2.21. The fraction of sp³-hybridized carbons (Fsp3) is 0.833. The van der Waals surface area contributed by atoms with Crippen molar-refractivity contribution < 1.29 is 8.42 Å². The lowest BCUT2D eigenvalue weighted by Crippen LogP contribution is -2.34. The maximum Gasteiger partial charge on any atom is 0.212 e. The van der Waals surface area contributed by atoms with Crippen LogP contribution >= 0.6 is 0 Å². The molecule has 0 fully saturated rings. The molecule has 0 aromatic rings. The second-order valence-corrected chi connectivity index (χ2v) is 6.88. The lowest BCUT2D eigenvalue weighted by Gasteiger charge is -2.29. The summed E-state index contributed by atoms with van der Waals surface area (Å²) >= 11 is 0. The molecule has 100 valence electrons. The fourth-order valence-corrected chi connectivity index (χ4v) is 2.92. The van der Waals surface area contributed by atoms with E-state index in [9.17, 15) is 8.42 Å². The lowest BCUT2D eigenvalue weighted by molar-refractivity contribution is 0.353. The Bertz CT molecular complexity index is 363. The first kappa shape index (κ1) is 14.7. The summed E-state index contributed by atoms with van der Waals surface area (Å²) in [5.41, 5.74) is 1.44. The fourth-order valence-electron chi connectivity index (χ4n) is 2.30. The molecule has 0 heterocycles. The number of hydrogen-bond acceptors (Lipinski definition) is 3. The van der Waals surface area contributed by atoms with Crippen LogP contribution in [0.3, 0.4) is 0 Å². The normalized spacial score (nSPS) is 25.7. The van der Waals surface area contributed by atoms with E-state index >= 15 is 0 Å². The second kappa shape index (κ2) is 6.52. The summed E-state index contributed by atoms with van der Waals surface area (Å²) in [5.74, 6) is 1.39. The van der Waals surface area contributed by atoms with Crippen LogP contribution in [-0.2, 0) is 10.0 Å². The molecule has 0 aromatic carbocycles. The van der Waals surface area contributed by atoms with Crippen LogP contribution in [0.2, 0.25) is 0 Å². The average Bonchev–Trinajstić information content (AvgIpc) is 2.27. The molecule has 4 nitrogen and oxygen atoms in total. The van der Waals surface area contributed by atoms with E-state index in [1.165, 1.54) is 25.5 Å². The molecule has 1 aliphatic carbocycles. The summed E-state index contributed by atoms with van der Waals surface area (Å²) in [6.45, 7) is 5.84. The van der Waals surface area contributed by atoms with Crippen molar-refractivity contribution in [1.29, 1.82) is 0 Å². The minimum Gasteiger partial charge on any atom is -0.315 e. The Hall–Kier alpha value is -0.390. The summed E-state index contributed by atoms with van der Waals surface area (Å²) < 4.78 is 24.8. The van der Waals surface area contributed by atoms with Gasteiger partial charge in [0.05, 0.1) is 5.75 Å². The third-order valence-corrected chi connectivity index (χ3v) is 4.95. The van der Waals surface area contributed by atoms with Crippen molar-refractivity contribution in [3.8, 4) is 0 Å². The van der Waals surface area contributed by atoms with E-state index in [4.69, 9.17) is 0 Å². The molecule has 1 rings (SSSR count). The quantitative estimate of drug-likeness (QED) is 0.556. The third kappa shape index (κ3) is 4.77. The van der Waals surface area contributed by atoms with E-state index < -0.39 is 10.0 Å². The van der Waals surface area contributed by atoms with Crippen LogP contribution in [0.25, 0.3) is 0 Å². The Balaban J connectivity index is 2.31. The highest BCUT2D eigenvalue weighted by molar-refractivity contribution is 7.89. The minimum absolute atomic E-state index is 0.146. The zero-order valence-corrected chi connectivity index (χ0v) is 11.8. The average molecular weight is 260 g/mol. The van der Waals surface area contributed by atoms with Gasteiger partial charge in [0.1, 0.15) is 0 Å². The van der Waals surface area contributed by atoms with Crippen molar-refractivity contribution in [3.63, 3.8) is 0 Å². The number of sulfonamides is 1. The first-order chi connectivity index (χ1) is 7.96. The van der Waals surface area contributed by atoms with E-state index in [2.05, 4.69) is 30.0 Å². The summed E-state index contributed by atoms with van der Waals surface area (Å²) in [4.78, 5) is 0. The van der Waals surface area contributed by atoms with Gasteiger partial charge in [-0.25, -0.2) is 13.1 Å². The van der Waals surface area contributed by atoms with Gasteiger partial charge in [0.25, 0.3) is 0 Å². The second-order valence-electron chi connectivity index (χ2n) is 4.84. The van der Waals surface area contributed by atoms with Crippen molar-refractivity contribution in [2.24, 2.45) is 11.8 Å². The SMILES string of the molecule is CNS(=O)(=O)CCNC[C@@H]1C(C)=CCC[C@@H]1C. The van der Waals surface area contributed by atoms with Gasteiger partial charge in [-0.2, -0.15) is 0 Å². The number of allylic oxidation sites excluding steroid dienone is 1. The topological polar surface area (TPSA) is 58.2 Å². The van der Waals surface area contributed by atoms with Gasteiger partial charge in [-0.15, -0.1) is 0 Å². The van der Waals surface area contributed by atoms with Crippen LogP contribution in [0, 0.1) is 11.8 Å². The van der Waals surface area contributed by atoms with E-state index in [0.29, 0.717) is 18.4 Å². The molecule has 0 aliphatic heterocycles. The van der Waals surface area contributed by atoms with Crippen LogP contribution in [-0.4, -0.2) is 34.3 Å². The van der Waals surface area contributed by atoms with Crippen LogP contribution in [0.1, 0.15) is 26.7 Å². The van der Waals surface area contributed by atoms with E-state index in [1.807, 2.05) is 0 Å². The number of hydrogen-bond donors (Lipinski definition) is 2. The van der Waals surface area contributed by atoms with Gasteiger partial charge < -0.3 is 5.32 Å². The van der Waals surface area contributed by atoms with Gasteiger partial charge in [-0.3, -0.25) is 0 Å². The monoisotopic (exact) mass is 260 g/mol. The van der Waals surface area contributed by atoms with Crippen LogP contribution in [0.15, 0.2) is 11.6 Å². The Morgan fingerprint density at radius 1 is 1.47 bits per heavy atom. The summed E-state index contributed by atoms with van der Waals surface area (Å²) in [5, 5.41) is 3.25. The molecule has 0 spiro atoms. The van der Waals surface area contributed by atoms with E-state index in [1.54, 1.807) is 0 Å². The molecule has 0 unspecified atom stereocenters. The predicted molar refractivity (Wildman–Crippen MR) is 71.4 cm³/mol. The summed E-state index contributed by atoms with van der Waals surface area (Å²) in [6, 6.07) is 0. The summed E-state index contributed by atoms with van der Waals surface area (Å²) in [7, 11) is -1.63. The zero-order valence-electron chi connectivity index (χ0n) is 11.0. The zero-order chi connectivity index (χ0) is 12.9. The van der Waals surface area contributed by atoms with Gasteiger partial charge in [0, 0.05) is 13.1 Å². The van der Waals surface area contributed by atoms with Gasteiger partial charge in [0.2, 0.25) is 10.0 Å². The van der Waals surface area contributed by atoms with Crippen molar-refractivity contribution in [1.82, 2.24) is 10.0 Å². The van der Waals surface area contributed by atoms with Gasteiger partial charge >= 0.3 is 0 Å². The number of nitrogens with one attached hydrogen (secondary N) is 2. The molecule has 0 aromatic heterocycles. The van der Waals surface area contributed by atoms with Gasteiger partial charge in [0.15, 0.2) is 0 Å². The minimum atomic E-state index is -3.08. The van der Waals surface area contributed by atoms with Crippen molar-refractivity contribution in [2.45, 2.75) is 26.7 Å². The van der Waals surface area contributed by atoms with Crippen molar-refractivity contribution in [2.75, 3.05) is 25.9 Å². The Morgan fingerprint density at radius 2 is 2.18 bits per heavy atom. The maximum atomic E-state index is 11.2. The van der Waals surface area contributed by atoms with Gasteiger partial charge in [-0.05, 0) is 38.6 Å². The molecule has 0 saturated carbocycles. The predicted octanol–water partition coefficient (Wildman–Crippen LogP) is 1.12. The molecule has 17 heavy (non-hydrogen) atoms. The first-order valence-corrected chi connectivity index (χ1v) is 7.90. The van der Waals surface area contributed by atoms with Crippen LogP contribution in [0.4, 0.5) is 0 Å². The molecular weight excluding hydrogens is 236 g/mol. The molecular formula is C12H24N2O2S. The largest absolute Gasteiger partial charge is 0.315 e. The van der Waals surface area contributed by atoms with Crippen LogP contribution in [0.5, 0.6) is 0 Å². The van der Waals surface area contributed by atoms with Gasteiger partial charge in [-0.1, -0.05) is 18.6 Å². The molecule has 1 aliphatic rings. The Morgan fingerprint density at radius 3 is 2.76 bits per heavy atom. The van der Waals surface area contributed by atoms with Crippen molar-refractivity contribution in [3.05, 3.63) is 11.6 Å². The Kier molecular flexibility index (Phi) is 5.62. The maximum absolute atomic E-state index is 11.2. The lowest BCUT2D eigenvalue weighted by atomic mass is 9.80. The molecule has 2 atom stereocenters. The highest BCUT2D eigenvalue weighted by Crippen LogP contribution is 2.29. The van der Waals surface area contributed by atoms with E-state index in [0.717, 1.165) is 6.54 Å². The molecule has 0 radical (unpaired) electrons. The highest BCUT2D eigenvalue weighted by atomic mass is 32.2. The van der Waals surface area contributed by atoms with Crippen LogP contribution < -0.4 is 10.0 Å². The molecule has 0 bridgehead atoms. The molecule has 5 heteroatoms. The Labute approximate surface area is 105 Å². The summed E-state index contributed by atoms with van der Waals surface area (Å²) in [6.07, 6.45) is 4.72. The van der Waals surface area contributed by atoms with E-state index in [-0.39, 0.29) is 5.75 Å². The smallest absolute Gasteiger partial charge is 0.212 e. The number of rotatable bonds is 6. The molecule has 0 amide bonds. The van der Waals surface area contributed by atoms with Crippen molar-refractivity contribution >= 4 is 10.0 Å². The molecule has 0 saturated heterocycles. The first-order valence-electron chi connectivity index (χ1n) is 6.25.